The van der Waals surface area contributed by atoms with E-state index in [1.54, 1.807) is 6.20 Å². The summed E-state index contributed by atoms with van der Waals surface area (Å²) in [4.78, 5) is 15.6. The summed E-state index contributed by atoms with van der Waals surface area (Å²) < 4.78 is 0.977. The largest absolute Gasteiger partial charge is 0.375 e. The number of thioether (sulfide) groups is 1. The number of hydrogen-bond donors (Lipinski definition) is 2. The molecular weight excluding hydrogens is 242 g/mol. The van der Waals surface area contributed by atoms with E-state index in [2.05, 4.69) is 24.1 Å². The highest BCUT2D eigenvalue weighted by Crippen LogP contribution is 2.29. The van der Waals surface area contributed by atoms with Crippen LogP contribution in [-0.4, -0.2) is 22.7 Å². The molecule has 0 aliphatic heterocycles. The molecule has 1 unspecified atom stereocenters. The van der Waals surface area contributed by atoms with Crippen molar-refractivity contribution in [2.75, 3.05) is 12.3 Å². The maximum Gasteiger partial charge on any atom is 0.233 e. The van der Waals surface area contributed by atoms with Crippen molar-refractivity contribution in [2.24, 2.45) is 5.92 Å². The van der Waals surface area contributed by atoms with Crippen LogP contribution < -0.4 is 11.1 Å². The van der Waals surface area contributed by atoms with Crippen LogP contribution in [-0.2, 0) is 4.79 Å². The summed E-state index contributed by atoms with van der Waals surface area (Å²) in [6.07, 6.45) is 1.71. The van der Waals surface area contributed by atoms with Crippen LogP contribution in [0.15, 0.2) is 10.4 Å². The molecule has 1 amide bonds. The maximum atomic E-state index is 11.7. The molecular formula is C10H17N3OS2. The zero-order valence-electron chi connectivity index (χ0n) is 9.69. The fourth-order valence-electron chi connectivity index (χ4n) is 1.00. The number of rotatable bonds is 5. The quantitative estimate of drug-likeness (QED) is 0.793. The molecule has 3 N–H and O–H groups in total. The van der Waals surface area contributed by atoms with E-state index in [1.165, 1.54) is 23.1 Å². The molecule has 0 fully saturated rings. The summed E-state index contributed by atoms with van der Waals surface area (Å²) in [5.41, 5.74) is 5.52. The van der Waals surface area contributed by atoms with Crippen LogP contribution in [0.1, 0.15) is 20.8 Å². The molecule has 1 aromatic rings. The van der Waals surface area contributed by atoms with E-state index in [-0.39, 0.29) is 11.2 Å². The molecule has 1 heterocycles. The first-order valence-electron chi connectivity index (χ1n) is 5.14. The van der Waals surface area contributed by atoms with Crippen LogP contribution in [0, 0.1) is 5.92 Å². The lowest BCUT2D eigenvalue weighted by molar-refractivity contribution is -0.120. The number of thiazole rings is 1. The molecule has 0 aromatic carbocycles. The van der Waals surface area contributed by atoms with Gasteiger partial charge in [0, 0.05) is 6.54 Å². The van der Waals surface area contributed by atoms with Gasteiger partial charge < -0.3 is 11.1 Å². The van der Waals surface area contributed by atoms with E-state index < -0.39 is 0 Å². The Balaban J connectivity index is 2.39. The highest BCUT2D eigenvalue weighted by atomic mass is 32.2. The first kappa shape index (κ1) is 13.3. The van der Waals surface area contributed by atoms with Gasteiger partial charge in [0.1, 0.15) is 0 Å². The lowest BCUT2D eigenvalue weighted by atomic mass is 10.2. The van der Waals surface area contributed by atoms with Crippen molar-refractivity contribution in [3.05, 3.63) is 6.20 Å². The second-order valence-corrected chi connectivity index (χ2v) is 6.62. The lowest BCUT2D eigenvalue weighted by Gasteiger charge is -2.12. The number of carbonyl (C=O) groups excluding carboxylic acids is 1. The van der Waals surface area contributed by atoms with Crippen LogP contribution in [0.3, 0.4) is 0 Å². The van der Waals surface area contributed by atoms with E-state index in [0.29, 0.717) is 17.6 Å². The van der Waals surface area contributed by atoms with E-state index >= 15 is 0 Å². The molecule has 0 radical (unpaired) electrons. The van der Waals surface area contributed by atoms with Crippen LogP contribution >= 0.6 is 23.1 Å². The highest BCUT2D eigenvalue weighted by Gasteiger charge is 2.15. The molecule has 0 saturated carbocycles. The Labute approximate surface area is 104 Å². The zero-order chi connectivity index (χ0) is 12.1. The Morgan fingerprint density at radius 1 is 1.62 bits per heavy atom. The number of anilines is 1. The van der Waals surface area contributed by atoms with Crippen LogP contribution in [0.4, 0.5) is 5.13 Å². The molecule has 0 aliphatic carbocycles. The van der Waals surface area contributed by atoms with Crippen molar-refractivity contribution < 1.29 is 4.79 Å². The average molecular weight is 259 g/mol. The number of nitrogens with one attached hydrogen (secondary N) is 1. The first-order valence-corrected chi connectivity index (χ1v) is 6.84. The molecule has 1 rings (SSSR count). The fourth-order valence-corrected chi connectivity index (χ4v) is 2.95. The molecule has 0 aliphatic rings. The monoisotopic (exact) mass is 259 g/mol. The van der Waals surface area contributed by atoms with E-state index in [9.17, 15) is 4.79 Å². The first-order chi connectivity index (χ1) is 7.49. The van der Waals surface area contributed by atoms with Gasteiger partial charge in [0.05, 0.1) is 15.7 Å². The van der Waals surface area contributed by atoms with Crippen molar-refractivity contribution >= 4 is 34.1 Å². The molecule has 4 nitrogen and oxygen atoms in total. The van der Waals surface area contributed by atoms with Gasteiger partial charge in [0.2, 0.25) is 5.91 Å². The minimum absolute atomic E-state index is 0.0608. The van der Waals surface area contributed by atoms with Gasteiger partial charge in [-0.05, 0) is 12.8 Å². The number of amides is 1. The van der Waals surface area contributed by atoms with E-state index in [1.807, 2.05) is 6.92 Å². The van der Waals surface area contributed by atoms with Crippen molar-refractivity contribution in [3.63, 3.8) is 0 Å². The smallest absolute Gasteiger partial charge is 0.233 e. The number of hydrogen-bond acceptors (Lipinski definition) is 5. The van der Waals surface area contributed by atoms with Gasteiger partial charge in [0.15, 0.2) is 5.13 Å². The third-order valence-electron chi connectivity index (χ3n) is 1.85. The molecule has 16 heavy (non-hydrogen) atoms. The number of aromatic nitrogens is 1. The second kappa shape index (κ2) is 6.10. The predicted molar refractivity (Wildman–Crippen MR) is 69.7 cm³/mol. The Bertz CT molecular complexity index is 352. The highest BCUT2D eigenvalue weighted by molar-refractivity contribution is 8.02. The average Bonchev–Trinajstić information content (AvgIpc) is 2.60. The minimum atomic E-state index is -0.112. The molecule has 0 saturated heterocycles. The number of nitrogen functional groups attached to an aromatic ring is 1. The van der Waals surface area contributed by atoms with E-state index in [4.69, 9.17) is 5.73 Å². The van der Waals surface area contributed by atoms with Crippen molar-refractivity contribution in [1.29, 1.82) is 0 Å². The van der Waals surface area contributed by atoms with Crippen LogP contribution in [0.5, 0.6) is 0 Å². The van der Waals surface area contributed by atoms with Gasteiger partial charge in [-0.25, -0.2) is 4.98 Å². The summed E-state index contributed by atoms with van der Waals surface area (Å²) in [5, 5.41) is 3.33. The molecule has 1 aromatic heterocycles. The fraction of sp³-hybridized carbons (Fsp3) is 0.600. The van der Waals surface area contributed by atoms with Gasteiger partial charge in [-0.15, -0.1) is 11.8 Å². The summed E-state index contributed by atoms with van der Waals surface area (Å²) >= 11 is 2.90. The normalized spacial score (nSPS) is 12.8. The van der Waals surface area contributed by atoms with Gasteiger partial charge in [0.25, 0.3) is 0 Å². The third-order valence-corrected chi connectivity index (χ3v) is 3.91. The molecule has 0 spiro atoms. The SMILES string of the molecule is CC(C)CNC(=O)C(C)Sc1cnc(N)s1. The maximum absolute atomic E-state index is 11.7. The summed E-state index contributed by atoms with van der Waals surface area (Å²) in [7, 11) is 0. The Kier molecular flexibility index (Phi) is 5.08. The summed E-state index contributed by atoms with van der Waals surface area (Å²) in [6.45, 7) is 6.74. The van der Waals surface area contributed by atoms with Crippen LogP contribution in [0.25, 0.3) is 0 Å². The van der Waals surface area contributed by atoms with Crippen LogP contribution in [0.2, 0.25) is 0 Å². The topological polar surface area (TPSA) is 68.0 Å². The molecule has 0 bridgehead atoms. The molecule has 6 heteroatoms. The Morgan fingerprint density at radius 3 is 2.81 bits per heavy atom. The molecule has 1 atom stereocenters. The van der Waals surface area contributed by atoms with Gasteiger partial charge in [-0.2, -0.15) is 0 Å². The predicted octanol–water partition coefficient (Wildman–Crippen LogP) is 1.98. The van der Waals surface area contributed by atoms with Gasteiger partial charge in [-0.3, -0.25) is 4.79 Å². The lowest BCUT2D eigenvalue weighted by Crippen LogP contribution is -2.33. The van der Waals surface area contributed by atoms with Crippen molar-refractivity contribution in [1.82, 2.24) is 10.3 Å². The zero-order valence-corrected chi connectivity index (χ0v) is 11.3. The van der Waals surface area contributed by atoms with Gasteiger partial charge >= 0.3 is 0 Å². The number of nitrogens with zero attached hydrogens (tertiary/aromatic N) is 1. The Morgan fingerprint density at radius 2 is 2.31 bits per heavy atom. The standard InChI is InChI=1S/C10H17N3OS2/c1-6(2)4-12-9(14)7(3)15-8-5-13-10(11)16-8/h5-7H,4H2,1-3H3,(H2,11,13)(H,12,14). The van der Waals surface area contributed by atoms with E-state index in [0.717, 1.165) is 4.21 Å². The van der Waals surface area contributed by atoms with Crippen molar-refractivity contribution in [3.8, 4) is 0 Å². The Hall–Kier alpha value is -0.750. The third kappa shape index (κ3) is 4.40. The van der Waals surface area contributed by atoms with Gasteiger partial charge in [-0.1, -0.05) is 25.2 Å². The van der Waals surface area contributed by atoms with Crippen molar-refractivity contribution in [2.45, 2.75) is 30.2 Å². The molecule has 90 valence electrons. The number of nitrogens with two attached hydrogens (primary N) is 1. The minimum Gasteiger partial charge on any atom is -0.375 e. The second-order valence-electron chi connectivity index (χ2n) is 3.92. The summed E-state index contributed by atoms with van der Waals surface area (Å²) in [5.74, 6) is 0.533. The number of carbonyl (C=O) groups is 1. The summed E-state index contributed by atoms with van der Waals surface area (Å²) in [6, 6.07) is 0.